The van der Waals surface area contributed by atoms with Crippen LogP contribution >= 0.6 is 0 Å². The number of carbonyl (C=O) groups is 6. The number of anilines is 3. The highest BCUT2D eigenvalue weighted by molar-refractivity contribution is 5.94. The number of ether oxygens (including phenoxy) is 5. The minimum Gasteiger partial charge on any atom is -0.464 e. The number of aromatic nitrogens is 3. The average molecular weight is 804 g/mol. The van der Waals surface area contributed by atoms with Crippen molar-refractivity contribution in [2.24, 2.45) is 5.73 Å². The normalized spacial score (nSPS) is 10.8. The van der Waals surface area contributed by atoms with E-state index in [2.05, 4.69) is 35.6 Å². The van der Waals surface area contributed by atoms with Crippen molar-refractivity contribution in [3.8, 4) is 0 Å². The van der Waals surface area contributed by atoms with E-state index < -0.39 is 52.9 Å². The standard InChI is InChI=1S/C14H20N2O4.C13H18N2O4.C12H17N3O3.3H2/c1-6-19-12(17)11-8-10(7-9(2)15-11)16-13(18)20-14(3,4)5;1-8-6-9(7-10(14-8)11(16)18-5)15-12(17)19-13(2,3)4;1-7-5-8(6-9(14-7)10(13)16)15-11(17)18-12(2,3)4;;;/h7-8H,6H2,1-5H3,(H,15,16,18);6-7H,1-5H3,(H,14,15,17);5-6H,1-4H3,(H2,13,16)(H,14,15,17);3*1H. The lowest BCUT2D eigenvalue weighted by Crippen LogP contribution is -2.27. The molecule has 18 nitrogen and oxygen atoms in total. The number of esters is 2. The summed E-state index contributed by atoms with van der Waals surface area (Å²) in [4.78, 5) is 81.0. The second-order valence-electron chi connectivity index (χ2n) is 15.1. The molecule has 0 radical (unpaired) electrons. The van der Waals surface area contributed by atoms with Crippen LogP contribution in [0.1, 0.15) is 122 Å². The van der Waals surface area contributed by atoms with Crippen molar-refractivity contribution in [1.82, 2.24) is 15.0 Å². The van der Waals surface area contributed by atoms with Gasteiger partial charge in [0, 0.05) is 38.4 Å². The minimum absolute atomic E-state index is 0. The Balaban J connectivity index is -0.000000793. The summed E-state index contributed by atoms with van der Waals surface area (Å²) in [7, 11) is 1.27. The van der Waals surface area contributed by atoms with Gasteiger partial charge in [-0.25, -0.2) is 38.9 Å². The molecule has 0 saturated heterocycles. The first kappa shape index (κ1) is 48.7. The van der Waals surface area contributed by atoms with Crippen LogP contribution in [0.3, 0.4) is 0 Å². The number of nitrogens with one attached hydrogen (secondary N) is 3. The number of nitrogens with zero attached hydrogens (tertiary/aromatic N) is 3. The van der Waals surface area contributed by atoms with Crippen LogP contribution in [0.15, 0.2) is 36.4 Å². The van der Waals surface area contributed by atoms with Crippen molar-refractivity contribution >= 4 is 53.2 Å². The number of hydrogen-bond acceptors (Lipinski definition) is 14. The third kappa shape index (κ3) is 20.8. The van der Waals surface area contributed by atoms with Crippen molar-refractivity contribution in [3.63, 3.8) is 0 Å². The van der Waals surface area contributed by atoms with Gasteiger partial charge >= 0.3 is 30.2 Å². The van der Waals surface area contributed by atoms with Crippen molar-refractivity contribution in [2.45, 2.75) is 107 Å². The Morgan fingerprint density at radius 3 is 1.14 bits per heavy atom. The molecule has 18 heteroatoms. The summed E-state index contributed by atoms with van der Waals surface area (Å²) < 4.78 is 24.8. The maximum Gasteiger partial charge on any atom is 0.412 e. The summed E-state index contributed by atoms with van der Waals surface area (Å²) in [6.45, 7) is 23.0. The summed E-state index contributed by atoms with van der Waals surface area (Å²) in [5.41, 5.74) is 6.83. The van der Waals surface area contributed by atoms with Gasteiger partial charge in [0.25, 0.3) is 5.91 Å². The Kier molecular flexibility index (Phi) is 18.0. The number of methoxy groups -OCH3 is 1. The summed E-state index contributed by atoms with van der Waals surface area (Å²) in [5.74, 6) is -1.73. The molecule has 3 heterocycles. The Morgan fingerprint density at radius 1 is 0.561 bits per heavy atom. The maximum absolute atomic E-state index is 11.7. The number of primary amides is 1. The molecule has 0 spiro atoms. The second kappa shape index (κ2) is 21.1. The Labute approximate surface area is 337 Å². The van der Waals surface area contributed by atoms with Crippen molar-refractivity contribution in [2.75, 3.05) is 29.7 Å². The summed E-state index contributed by atoms with van der Waals surface area (Å²) >= 11 is 0. The number of amides is 4. The Morgan fingerprint density at radius 2 is 0.860 bits per heavy atom. The highest BCUT2D eigenvalue weighted by Gasteiger charge is 2.20. The van der Waals surface area contributed by atoms with E-state index in [1.807, 2.05) is 0 Å². The van der Waals surface area contributed by atoms with E-state index >= 15 is 0 Å². The summed E-state index contributed by atoms with van der Waals surface area (Å²) in [6, 6.07) is 9.19. The zero-order chi connectivity index (χ0) is 43.9. The molecular weight excluding hydrogens is 742 g/mol. The first-order valence-corrected chi connectivity index (χ1v) is 17.6. The van der Waals surface area contributed by atoms with E-state index in [9.17, 15) is 28.8 Å². The fraction of sp³-hybridized carbons (Fsp3) is 0.462. The van der Waals surface area contributed by atoms with Crippen LogP contribution in [-0.4, -0.2) is 81.6 Å². The molecule has 0 atom stereocenters. The van der Waals surface area contributed by atoms with Gasteiger partial charge in [-0.3, -0.25) is 20.7 Å². The van der Waals surface area contributed by atoms with Crippen LogP contribution in [0.25, 0.3) is 0 Å². The molecule has 0 unspecified atom stereocenters. The molecule has 0 aliphatic rings. The van der Waals surface area contributed by atoms with Crippen molar-refractivity contribution in [3.05, 3.63) is 70.6 Å². The van der Waals surface area contributed by atoms with Crippen LogP contribution in [0.5, 0.6) is 0 Å². The van der Waals surface area contributed by atoms with Gasteiger partial charge in [0.2, 0.25) is 0 Å². The van der Waals surface area contributed by atoms with Crippen LogP contribution < -0.4 is 21.7 Å². The lowest BCUT2D eigenvalue weighted by molar-refractivity contribution is 0.0516. The molecule has 0 aliphatic heterocycles. The number of aryl methyl sites for hydroxylation is 3. The summed E-state index contributed by atoms with van der Waals surface area (Å²) in [5, 5.41) is 7.64. The lowest BCUT2D eigenvalue weighted by atomic mass is 10.2. The van der Waals surface area contributed by atoms with Gasteiger partial charge in [-0.1, -0.05) is 0 Å². The molecule has 3 aromatic rings. The van der Waals surface area contributed by atoms with Gasteiger partial charge < -0.3 is 29.4 Å². The quantitative estimate of drug-likeness (QED) is 0.130. The van der Waals surface area contributed by atoms with E-state index in [4.69, 9.17) is 24.7 Å². The van der Waals surface area contributed by atoms with E-state index in [0.29, 0.717) is 34.1 Å². The van der Waals surface area contributed by atoms with E-state index in [0.717, 1.165) is 0 Å². The molecule has 0 fully saturated rings. The number of carbonyl (C=O) groups excluding carboxylic acids is 6. The van der Waals surface area contributed by atoms with Gasteiger partial charge in [0.1, 0.15) is 22.5 Å². The monoisotopic (exact) mass is 803 g/mol. The third-order valence-corrected chi connectivity index (χ3v) is 5.93. The van der Waals surface area contributed by atoms with Gasteiger partial charge in [0.05, 0.1) is 13.7 Å². The molecule has 0 bridgehead atoms. The SMILES string of the molecule is CCOC(=O)c1cc(NC(=O)OC(C)(C)C)cc(C)n1.COC(=O)c1cc(NC(=O)OC(C)(C)C)cc(C)n1.Cc1cc(NC(=O)OC(C)(C)C)cc(C(N)=O)n1.[HH].[HH].[HH]. The number of nitrogens with two attached hydrogens (primary N) is 1. The molecule has 3 rings (SSSR count). The van der Waals surface area contributed by atoms with Crippen LogP contribution in [0.2, 0.25) is 0 Å². The molecule has 0 aromatic carbocycles. The predicted octanol–water partition coefficient (Wildman–Crippen LogP) is 8.01. The average Bonchev–Trinajstić information content (AvgIpc) is 3.01. The summed E-state index contributed by atoms with van der Waals surface area (Å²) in [6.07, 6.45) is -1.77. The van der Waals surface area contributed by atoms with E-state index in [1.54, 1.807) is 108 Å². The smallest absolute Gasteiger partial charge is 0.412 e. The van der Waals surface area contributed by atoms with E-state index in [1.165, 1.54) is 25.3 Å². The highest BCUT2D eigenvalue weighted by atomic mass is 16.6. The van der Waals surface area contributed by atoms with Gasteiger partial charge in [-0.2, -0.15) is 0 Å². The van der Waals surface area contributed by atoms with Gasteiger partial charge in [-0.05, 0) is 126 Å². The molecule has 0 aliphatic carbocycles. The van der Waals surface area contributed by atoms with Crippen LogP contribution in [0, 0.1) is 20.8 Å². The Bertz CT molecular complexity index is 1930. The fourth-order valence-electron chi connectivity index (χ4n) is 4.13. The molecule has 318 valence electrons. The third-order valence-electron chi connectivity index (χ3n) is 5.93. The zero-order valence-electron chi connectivity index (χ0n) is 35.1. The first-order chi connectivity index (χ1) is 26.1. The molecule has 57 heavy (non-hydrogen) atoms. The largest absolute Gasteiger partial charge is 0.464 e. The Hall–Kier alpha value is -6.33. The predicted molar refractivity (Wildman–Crippen MR) is 219 cm³/mol. The van der Waals surface area contributed by atoms with Crippen molar-refractivity contribution in [1.29, 1.82) is 0 Å². The maximum atomic E-state index is 11.7. The van der Waals surface area contributed by atoms with Gasteiger partial charge in [-0.15, -0.1) is 0 Å². The molecular formula is C39H61N7O11. The van der Waals surface area contributed by atoms with Gasteiger partial charge in [0.15, 0.2) is 11.4 Å². The second-order valence-corrected chi connectivity index (χ2v) is 15.1. The number of rotatable bonds is 7. The molecule has 0 saturated carbocycles. The van der Waals surface area contributed by atoms with E-state index in [-0.39, 0.29) is 28.0 Å². The molecule has 5 N–H and O–H groups in total. The fourth-order valence-corrected chi connectivity index (χ4v) is 4.13. The van der Waals surface area contributed by atoms with Crippen molar-refractivity contribution < 1.29 is 56.7 Å². The number of hydrogen-bond donors (Lipinski definition) is 4. The molecule has 4 amide bonds. The number of pyridine rings is 3. The topological polar surface area (TPSA) is 249 Å². The minimum atomic E-state index is -0.647. The lowest BCUT2D eigenvalue weighted by Gasteiger charge is -2.19. The highest BCUT2D eigenvalue weighted by Crippen LogP contribution is 2.17. The first-order valence-electron chi connectivity index (χ1n) is 17.6. The van der Waals surface area contributed by atoms with Crippen LogP contribution in [0.4, 0.5) is 31.4 Å². The molecule has 3 aromatic heterocycles. The zero-order valence-corrected chi connectivity index (χ0v) is 35.1. The van der Waals surface area contributed by atoms with Crippen LogP contribution in [-0.2, 0) is 23.7 Å².